The fourth-order valence-electron chi connectivity index (χ4n) is 13.4. The molecule has 0 radical (unpaired) electrons. The zero-order valence-electron chi connectivity index (χ0n) is 40.1. The van der Waals surface area contributed by atoms with E-state index in [1.54, 1.807) is 21.3 Å². The summed E-state index contributed by atoms with van der Waals surface area (Å²) >= 11 is 0. The number of rotatable bonds is 11. The molecule has 3 aliphatic carbocycles. The van der Waals surface area contributed by atoms with Crippen molar-refractivity contribution in [2.45, 2.75) is 165 Å². The van der Waals surface area contributed by atoms with E-state index in [1.807, 2.05) is 19.9 Å². The Balaban J connectivity index is 1.04. The summed E-state index contributed by atoms with van der Waals surface area (Å²) in [5.74, 6) is -0.115. The van der Waals surface area contributed by atoms with Crippen molar-refractivity contribution in [2.24, 2.45) is 35.5 Å². The molecule has 12 nitrogen and oxygen atoms in total. The number of cyclic esters (lactones) is 1. The van der Waals surface area contributed by atoms with Crippen molar-refractivity contribution in [3.63, 3.8) is 0 Å². The van der Waals surface area contributed by atoms with Gasteiger partial charge in [-0.2, -0.15) is 0 Å². The first-order valence-electron chi connectivity index (χ1n) is 24.7. The molecule has 356 valence electrons. The Kier molecular flexibility index (Phi) is 14.3. The minimum Gasteiger partial charge on any atom is -0.462 e. The van der Waals surface area contributed by atoms with Gasteiger partial charge in [-0.25, -0.2) is 0 Å². The van der Waals surface area contributed by atoms with Gasteiger partial charge in [0, 0.05) is 44.9 Å². The Morgan fingerprint density at radius 3 is 2.14 bits per heavy atom. The van der Waals surface area contributed by atoms with Crippen LogP contribution in [0.15, 0.2) is 66.2 Å². The van der Waals surface area contributed by atoms with Crippen LogP contribution in [0.1, 0.15) is 85.5 Å². The minimum absolute atomic E-state index is 0.0169. The Morgan fingerprint density at radius 2 is 1.46 bits per heavy atom. The highest BCUT2D eigenvalue weighted by Crippen LogP contribution is 2.65. The lowest BCUT2D eigenvalue weighted by atomic mass is 9.66. The van der Waals surface area contributed by atoms with Crippen LogP contribution >= 0.6 is 0 Å². The Hall–Kier alpha value is -3.20. The molecule has 65 heavy (non-hydrogen) atoms. The van der Waals surface area contributed by atoms with Crippen LogP contribution in [0.4, 0.5) is 5.69 Å². The number of carbonyl (C=O) groups is 2. The topological polar surface area (TPSA) is 114 Å². The minimum atomic E-state index is -0.633. The van der Waals surface area contributed by atoms with Crippen LogP contribution in [-0.2, 0) is 47.5 Å². The number of nitrogens with zero attached hydrogens (tertiary/aromatic N) is 2. The summed E-state index contributed by atoms with van der Waals surface area (Å²) < 4.78 is 50.9. The molecule has 4 aliphatic heterocycles. The van der Waals surface area contributed by atoms with Gasteiger partial charge in [0.1, 0.15) is 24.4 Å². The molecule has 0 aromatic heterocycles. The number of hydrogen-bond donors (Lipinski definition) is 0. The summed E-state index contributed by atoms with van der Waals surface area (Å²) in [6, 6.07) is 20.1. The molecule has 0 N–H and O–H groups in total. The second kappa shape index (κ2) is 19.8. The van der Waals surface area contributed by atoms with Crippen molar-refractivity contribution in [3.05, 3.63) is 66.2 Å². The van der Waals surface area contributed by atoms with Crippen LogP contribution in [-0.4, -0.2) is 132 Å². The Labute approximate surface area is 386 Å². The highest BCUT2D eigenvalue weighted by molar-refractivity contribution is 5.99. The van der Waals surface area contributed by atoms with Crippen molar-refractivity contribution in [1.29, 1.82) is 0 Å². The first-order valence-corrected chi connectivity index (χ1v) is 24.7. The van der Waals surface area contributed by atoms with E-state index in [2.05, 4.69) is 92.3 Å². The average molecular weight is 899 g/mol. The molecule has 0 spiro atoms. The summed E-state index contributed by atoms with van der Waals surface area (Å²) in [4.78, 5) is 34.3. The fourth-order valence-corrected chi connectivity index (χ4v) is 13.4. The van der Waals surface area contributed by atoms with Crippen molar-refractivity contribution < 1.29 is 47.5 Å². The predicted octanol–water partition coefficient (Wildman–Crippen LogP) is 7.86. The molecule has 7 aliphatic rings. The maximum atomic E-state index is 15.3. The van der Waals surface area contributed by atoms with Crippen LogP contribution in [0.2, 0.25) is 0 Å². The number of ketones is 1. The van der Waals surface area contributed by atoms with Crippen LogP contribution in [0.5, 0.6) is 0 Å². The lowest BCUT2D eigenvalue weighted by Gasteiger charge is -2.44. The summed E-state index contributed by atoms with van der Waals surface area (Å²) in [7, 11) is 9.22. The smallest absolute Gasteiger partial charge is 0.306 e. The SMILES string of the molecule is CC[C@H]1CCC[C@H](O[C@H]2CC[C@H](N(C)C)C(C)O2)[C@@H](C)C(=O)C2=C[C@H]3[C@@H]4C[C@H](O[C@@H]5OC(C)[C@H](OC)[C@@H](OC)C5OC)C[C@H]4[C@@H]4[C@H]([C@H]3[C@@H]2CC(=O)O1)N4c1ccc(-c2ccccc2)cc1. The van der Waals surface area contributed by atoms with Gasteiger partial charge < -0.3 is 47.7 Å². The molecular formula is C53H74N2O10. The lowest BCUT2D eigenvalue weighted by Crippen LogP contribution is -2.59. The molecule has 0 amide bonds. The van der Waals surface area contributed by atoms with E-state index in [0.717, 1.165) is 50.5 Å². The van der Waals surface area contributed by atoms with Crippen LogP contribution < -0.4 is 4.90 Å². The largest absolute Gasteiger partial charge is 0.462 e. The number of allylic oxidation sites excluding steroid dienone is 2. The van der Waals surface area contributed by atoms with E-state index in [1.165, 1.54) is 16.8 Å². The number of carbonyl (C=O) groups excluding carboxylic acids is 2. The van der Waals surface area contributed by atoms with E-state index in [-0.39, 0.29) is 103 Å². The molecule has 2 aromatic carbocycles. The van der Waals surface area contributed by atoms with E-state index in [4.69, 9.17) is 37.9 Å². The highest BCUT2D eigenvalue weighted by Gasteiger charge is 2.69. The van der Waals surface area contributed by atoms with Gasteiger partial charge in [-0.3, -0.25) is 9.59 Å². The molecule has 3 unspecified atom stereocenters. The summed E-state index contributed by atoms with van der Waals surface area (Å²) in [6.07, 6.45) is 5.89. The molecule has 0 bridgehead atoms. The third kappa shape index (κ3) is 9.12. The number of ether oxygens (including phenoxy) is 8. The molecule has 4 heterocycles. The van der Waals surface area contributed by atoms with Gasteiger partial charge in [0.25, 0.3) is 0 Å². The Morgan fingerprint density at radius 1 is 0.754 bits per heavy atom. The van der Waals surface area contributed by atoms with Gasteiger partial charge in [0.05, 0.1) is 42.9 Å². The van der Waals surface area contributed by atoms with Gasteiger partial charge in [-0.05, 0) is 132 Å². The number of methoxy groups -OCH3 is 3. The van der Waals surface area contributed by atoms with Crippen molar-refractivity contribution >= 4 is 17.4 Å². The van der Waals surface area contributed by atoms with E-state index in [0.29, 0.717) is 18.4 Å². The molecule has 12 heteroatoms. The predicted molar refractivity (Wildman–Crippen MR) is 247 cm³/mol. The maximum Gasteiger partial charge on any atom is 0.306 e. The molecule has 2 saturated carbocycles. The first kappa shape index (κ1) is 46.9. The monoisotopic (exact) mass is 899 g/mol. The van der Waals surface area contributed by atoms with Crippen LogP contribution in [0.3, 0.4) is 0 Å². The molecule has 19 atom stereocenters. The maximum absolute atomic E-state index is 15.3. The van der Waals surface area contributed by atoms with Gasteiger partial charge in [-0.1, -0.05) is 62.4 Å². The highest BCUT2D eigenvalue weighted by atomic mass is 16.7. The number of likely N-dealkylation sites (N-methyl/N-ethyl adjacent to an activating group) is 1. The number of Topliss-reactive ketones (excluding diaryl/α,β-unsaturated/α-hetero) is 1. The third-order valence-electron chi connectivity index (χ3n) is 16.7. The number of anilines is 1. The number of esters is 1. The summed E-state index contributed by atoms with van der Waals surface area (Å²) in [5.41, 5.74) is 4.30. The van der Waals surface area contributed by atoms with Crippen molar-refractivity contribution in [3.8, 4) is 11.1 Å². The molecule has 9 rings (SSSR count). The lowest BCUT2D eigenvalue weighted by molar-refractivity contribution is -0.314. The van der Waals surface area contributed by atoms with Gasteiger partial charge >= 0.3 is 5.97 Å². The summed E-state index contributed by atoms with van der Waals surface area (Å²) in [6.45, 7) is 8.25. The second-order valence-corrected chi connectivity index (χ2v) is 20.4. The number of hydrogen-bond acceptors (Lipinski definition) is 12. The van der Waals surface area contributed by atoms with Gasteiger partial charge in [0.2, 0.25) is 0 Å². The quantitative estimate of drug-likeness (QED) is 0.162. The summed E-state index contributed by atoms with van der Waals surface area (Å²) in [5, 5.41) is 0. The van der Waals surface area contributed by atoms with E-state index in [9.17, 15) is 4.79 Å². The van der Waals surface area contributed by atoms with Gasteiger partial charge in [-0.15, -0.1) is 0 Å². The normalized spacial score (nSPS) is 41.9. The Bertz CT molecular complexity index is 1980. The number of benzene rings is 2. The molecule has 4 saturated heterocycles. The van der Waals surface area contributed by atoms with E-state index < -0.39 is 18.3 Å². The van der Waals surface area contributed by atoms with Gasteiger partial charge in [0.15, 0.2) is 18.4 Å². The zero-order valence-corrected chi connectivity index (χ0v) is 40.1. The van der Waals surface area contributed by atoms with Crippen LogP contribution in [0, 0.1) is 35.5 Å². The standard InChI is InChI=1S/C53H74N2O10/c1-10-35-17-14-18-43(65-45-24-23-42(54(5)6)30(3)61-45)29(2)49(57)41-27-38-37-25-36(64-53-52(60-9)51(59-8)50(58-7)31(4)62-53)26-40(37)47-48(46(38)39(41)28-44(56)63-35)55(47)34-21-19-33(20-22-34)32-15-12-11-13-16-32/h11-13,15-16,19-22,27,29-31,35-40,42-43,45-48,50-53H,10,14,17-18,23-26,28H2,1-9H3/t29-,30?,31?,35+,36+,37+,38+,39-,40-,42+,43+,45+,46-,47-,48+,50+,51-,52?,53+,55?/m1/s1. The molecular weight excluding hydrogens is 825 g/mol. The number of fused-ring (bicyclic) bond motifs is 8. The average Bonchev–Trinajstić information content (AvgIpc) is 3.71. The fraction of sp³-hybridized carbons (Fsp3) is 0.698. The van der Waals surface area contributed by atoms with Crippen molar-refractivity contribution in [2.75, 3.05) is 40.3 Å². The molecule has 2 aromatic rings. The zero-order chi connectivity index (χ0) is 45.7. The van der Waals surface area contributed by atoms with E-state index >= 15 is 4.79 Å². The van der Waals surface area contributed by atoms with Crippen LogP contribution in [0.25, 0.3) is 11.1 Å². The second-order valence-electron chi connectivity index (χ2n) is 20.4. The molecule has 6 fully saturated rings. The first-order chi connectivity index (χ1) is 31.4. The van der Waals surface area contributed by atoms with Crippen molar-refractivity contribution in [1.82, 2.24) is 4.90 Å². The third-order valence-corrected chi connectivity index (χ3v) is 16.7.